The summed E-state index contributed by atoms with van der Waals surface area (Å²) in [5.41, 5.74) is 0. The highest BCUT2D eigenvalue weighted by atomic mass is 16.5. The van der Waals surface area contributed by atoms with Crippen LogP contribution in [-0.4, -0.2) is 25.8 Å². The van der Waals surface area contributed by atoms with E-state index in [9.17, 15) is 0 Å². The van der Waals surface area contributed by atoms with Gasteiger partial charge in [-0.3, -0.25) is 5.32 Å². The van der Waals surface area contributed by atoms with Crippen LogP contribution in [0.3, 0.4) is 0 Å². The highest BCUT2D eigenvalue weighted by molar-refractivity contribution is 4.98. The minimum absolute atomic E-state index is 0.561. The summed E-state index contributed by atoms with van der Waals surface area (Å²) in [6.45, 7) is 4.35. The Balaban J connectivity index is 1.95. The highest BCUT2D eigenvalue weighted by Crippen LogP contribution is 1.97. The van der Waals surface area contributed by atoms with Crippen LogP contribution in [0, 0.1) is 11.8 Å². The molecule has 0 aromatic rings. The topological polar surface area (TPSA) is 21.3 Å². The zero-order chi connectivity index (χ0) is 6.53. The van der Waals surface area contributed by atoms with E-state index in [2.05, 4.69) is 17.2 Å². The van der Waals surface area contributed by atoms with Crippen LogP contribution in [-0.2, 0) is 4.74 Å². The Morgan fingerprint density at radius 1 is 1.67 bits per heavy atom. The fourth-order valence-electron chi connectivity index (χ4n) is 0.637. The van der Waals surface area contributed by atoms with Gasteiger partial charge < -0.3 is 4.74 Å². The van der Waals surface area contributed by atoms with Gasteiger partial charge in [-0.15, -0.1) is 5.92 Å². The van der Waals surface area contributed by atoms with Crippen molar-refractivity contribution in [1.82, 2.24) is 5.32 Å². The van der Waals surface area contributed by atoms with Crippen molar-refractivity contribution in [2.45, 2.75) is 13.0 Å². The number of hydrogen-bond acceptors (Lipinski definition) is 2. The molecule has 0 atom stereocenters. The molecule has 50 valence electrons. The molecule has 0 unspecified atom stereocenters. The summed E-state index contributed by atoms with van der Waals surface area (Å²) < 4.78 is 4.95. The van der Waals surface area contributed by atoms with E-state index >= 15 is 0 Å². The van der Waals surface area contributed by atoms with Crippen molar-refractivity contribution in [2.75, 3.05) is 19.8 Å². The van der Waals surface area contributed by atoms with E-state index in [4.69, 9.17) is 4.74 Å². The highest BCUT2D eigenvalue weighted by Gasteiger charge is 2.15. The van der Waals surface area contributed by atoms with Crippen molar-refractivity contribution in [3.8, 4) is 11.8 Å². The SMILES string of the molecule is CC#CCNC1COC1. The standard InChI is InChI=1S/C7H11NO/c1-2-3-4-8-7-5-9-6-7/h7-8H,4-6H2,1H3. The van der Waals surface area contributed by atoms with Crippen LogP contribution < -0.4 is 5.32 Å². The third kappa shape index (κ3) is 2.05. The quantitative estimate of drug-likeness (QED) is 0.524. The van der Waals surface area contributed by atoms with Gasteiger partial charge in [0.2, 0.25) is 0 Å². The van der Waals surface area contributed by atoms with Gasteiger partial charge in [0.05, 0.1) is 25.8 Å². The molecule has 1 fully saturated rings. The van der Waals surface area contributed by atoms with Crippen LogP contribution in [0.4, 0.5) is 0 Å². The van der Waals surface area contributed by atoms with Crippen molar-refractivity contribution < 1.29 is 4.74 Å². The Morgan fingerprint density at radius 3 is 2.89 bits per heavy atom. The predicted octanol–water partition coefficient (Wildman–Crippen LogP) is -0.00190. The Labute approximate surface area is 55.6 Å². The molecule has 0 amide bonds. The molecule has 0 aliphatic carbocycles. The minimum atomic E-state index is 0.561. The smallest absolute Gasteiger partial charge is 0.0643 e. The molecule has 1 aliphatic heterocycles. The summed E-state index contributed by atoms with van der Waals surface area (Å²) in [6, 6.07) is 0.561. The summed E-state index contributed by atoms with van der Waals surface area (Å²) in [7, 11) is 0. The summed E-state index contributed by atoms with van der Waals surface area (Å²) in [4.78, 5) is 0. The molecule has 0 spiro atoms. The molecule has 0 aromatic heterocycles. The van der Waals surface area contributed by atoms with Gasteiger partial charge in [-0.2, -0.15) is 0 Å². The molecule has 9 heavy (non-hydrogen) atoms. The van der Waals surface area contributed by atoms with Gasteiger partial charge in [0.15, 0.2) is 0 Å². The summed E-state index contributed by atoms with van der Waals surface area (Å²) in [5.74, 6) is 5.75. The molecule has 1 rings (SSSR count). The molecule has 1 saturated heterocycles. The van der Waals surface area contributed by atoms with Crippen molar-refractivity contribution in [2.24, 2.45) is 0 Å². The van der Waals surface area contributed by atoms with Crippen molar-refractivity contribution in [3.63, 3.8) is 0 Å². The van der Waals surface area contributed by atoms with Crippen LogP contribution >= 0.6 is 0 Å². The number of rotatable bonds is 2. The zero-order valence-corrected chi connectivity index (χ0v) is 5.61. The maximum atomic E-state index is 4.95. The van der Waals surface area contributed by atoms with Gasteiger partial charge >= 0.3 is 0 Å². The van der Waals surface area contributed by atoms with Crippen molar-refractivity contribution in [3.05, 3.63) is 0 Å². The summed E-state index contributed by atoms with van der Waals surface area (Å²) in [5, 5.41) is 3.22. The average molecular weight is 125 g/mol. The monoisotopic (exact) mass is 125 g/mol. The molecule has 2 nitrogen and oxygen atoms in total. The molecular formula is C7H11NO. The molecule has 1 heterocycles. The van der Waals surface area contributed by atoms with Crippen molar-refractivity contribution in [1.29, 1.82) is 0 Å². The third-order valence-corrected chi connectivity index (χ3v) is 1.29. The lowest BCUT2D eigenvalue weighted by molar-refractivity contribution is -0.00322. The fraction of sp³-hybridized carbons (Fsp3) is 0.714. The second kappa shape index (κ2) is 3.49. The number of nitrogens with one attached hydrogen (secondary N) is 1. The summed E-state index contributed by atoms with van der Waals surface area (Å²) >= 11 is 0. The van der Waals surface area contributed by atoms with E-state index in [0.29, 0.717) is 6.04 Å². The molecule has 0 saturated carbocycles. The lowest BCUT2D eigenvalue weighted by Crippen LogP contribution is -2.45. The Bertz CT molecular complexity index is 130. The van der Waals surface area contributed by atoms with Crippen LogP contribution in [0.1, 0.15) is 6.92 Å². The van der Waals surface area contributed by atoms with Crippen LogP contribution in [0.25, 0.3) is 0 Å². The first-order valence-corrected chi connectivity index (χ1v) is 3.14. The van der Waals surface area contributed by atoms with E-state index in [1.807, 2.05) is 6.92 Å². The van der Waals surface area contributed by atoms with E-state index in [1.165, 1.54) is 0 Å². The molecule has 2 heteroatoms. The van der Waals surface area contributed by atoms with Crippen LogP contribution in [0.2, 0.25) is 0 Å². The molecule has 1 aliphatic rings. The first-order chi connectivity index (χ1) is 4.43. The minimum Gasteiger partial charge on any atom is -0.378 e. The van der Waals surface area contributed by atoms with Gasteiger partial charge in [-0.1, -0.05) is 5.92 Å². The Kier molecular flexibility index (Phi) is 2.56. The second-order valence-corrected chi connectivity index (χ2v) is 2.04. The van der Waals surface area contributed by atoms with Crippen molar-refractivity contribution >= 4 is 0 Å². The maximum absolute atomic E-state index is 4.95. The van der Waals surface area contributed by atoms with Gasteiger partial charge in [0.1, 0.15) is 0 Å². The first kappa shape index (κ1) is 6.60. The molecule has 0 radical (unpaired) electrons. The average Bonchev–Trinajstić information content (AvgIpc) is 1.76. The molecular weight excluding hydrogens is 114 g/mol. The van der Waals surface area contributed by atoms with E-state index in [0.717, 1.165) is 19.8 Å². The lowest BCUT2D eigenvalue weighted by Gasteiger charge is -2.25. The normalized spacial score (nSPS) is 17.9. The lowest BCUT2D eigenvalue weighted by atomic mass is 10.2. The fourth-order valence-corrected chi connectivity index (χ4v) is 0.637. The van der Waals surface area contributed by atoms with Gasteiger partial charge in [-0.05, 0) is 6.92 Å². The van der Waals surface area contributed by atoms with Crippen LogP contribution in [0.15, 0.2) is 0 Å². The Morgan fingerprint density at radius 2 is 2.44 bits per heavy atom. The van der Waals surface area contributed by atoms with E-state index in [-0.39, 0.29) is 0 Å². The second-order valence-electron chi connectivity index (χ2n) is 2.04. The van der Waals surface area contributed by atoms with Gasteiger partial charge in [0.25, 0.3) is 0 Å². The maximum Gasteiger partial charge on any atom is 0.0643 e. The number of ether oxygens (including phenoxy) is 1. The van der Waals surface area contributed by atoms with E-state index < -0.39 is 0 Å². The molecule has 0 bridgehead atoms. The van der Waals surface area contributed by atoms with Gasteiger partial charge in [-0.25, -0.2) is 0 Å². The third-order valence-electron chi connectivity index (χ3n) is 1.29. The van der Waals surface area contributed by atoms with Gasteiger partial charge in [0, 0.05) is 0 Å². The van der Waals surface area contributed by atoms with Crippen LogP contribution in [0.5, 0.6) is 0 Å². The largest absolute Gasteiger partial charge is 0.378 e. The molecule has 0 aromatic carbocycles. The predicted molar refractivity (Wildman–Crippen MR) is 36.1 cm³/mol. The van der Waals surface area contributed by atoms with E-state index in [1.54, 1.807) is 0 Å². The first-order valence-electron chi connectivity index (χ1n) is 3.14. The number of hydrogen-bond donors (Lipinski definition) is 1. The summed E-state index contributed by atoms with van der Waals surface area (Å²) in [6.07, 6.45) is 0. The Hall–Kier alpha value is -0.520. The molecule has 1 N–H and O–H groups in total. The zero-order valence-electron chi connectivity index (χ0n) is 5.61.